The Morgan fingerprint density at radius 2 is 1.86 bits per heavy atom. The Morgan fingerprint density at radius 1 is 1.14 bits per heavy atom. The number of carbonyl (C=O) groups is 2. The highest BCUT2D eigenvalue weighted by Crippen LogP contribution is 2.19. The Bertz CT molecular complexity index is 864. The lowest BCUT2D eigenvalue weighted by Crippen LogP contribution is -2.50. The molecule has 0 bridgehead atoms. The molecule has 1 aliphatic heterocycles. The highest BCUT2D eigenvalue weighted by molar-refractivity contribution is 6.05. The molecule has 0 saturated heterocycles. The normalized spacial score (nSPS) is 16.6. The zero-order valence-corrected chi connectivity index (χ0v) is 16.1. The molecule has 6 heteroatoms. The topological polar surface area (TPSA) is 79.8 Å². The second-order valence-electron chi connectivity index (χ2n) is 6.80. The van der Waals surface area contributed by atoms with Gasteiger partial charge in [0.1, 0.15) is 6.04 Å². The molecule has 0 fully saturated rings. The Morgan fingerprint density at radius 3 is 2.57 bits per heavy atom. The van der Waals surface area contributed by atoms with Crippen molar-refractivity contribution < 1.29 is 14.4 Å². The van der Waals surface area contributed by atoms with Crippen molar-refractivity contribution in [1.29, 1.82) is 0 Å². The maximum Gasteiger partial charge on any atom is 0.265 e. The van der Waals surface area contributed by atoms with E-state index in [1.54, 1.807) is 0 Å². The summed E-state index contributed by atoms with van der Waals surface area (Å²) in [7, 11) is 0. The molecule has 2 atom stereocenters. The maximum absolute atomic E-state index is 12.7. The van der Waals surface area contributed by atoms with Crippen LogP contribution in [0.15, 0.2) is 59.8 Å². The molecule has 3 rings (SSSR count). The SMILES string of the molecule is CCNC(=O)[C@H](Cc1ccccc1)NC(=O)[C@@H]1CC(c2ccccc2C)=NO1. The molecule has 0 unspecified atom stereocenters. The van der Waals surface area contributed by atoms with E-state index in [0.29, 0.717) is 19.4 Å². The number of nitrogens with one attached hydrogen (secondary N) is 2. The van der Waals surface area contributed by atoms with E-state index in [9.17, 15) is 9.59 Å². The van der Waals surface area contributed by atoms with Crippen molar-refractivity contribution in [2.45, 2.75) is 38.8 Å². The summed E-state index contributed by atoms with van der Waals surface area (Å²) in [6.07, 6.45) is 0.0585. The average molecular weight is 379 g/mol. The van der Waals surface area contributed by atoms with Crippen molar-refractivity contribution in [1.82, 2.24) is 10.6 Å². The van der Waals surface area contributed by atoms with E-state index in [4.69, 9.17) is 4.84 Å². The first-order chi connectivity index (χ1) is 13.6. The highest BCUT2D eigenvalue weighted by Gasteiger charge is 2.32. The molecule has 1 aliphatic rings. The van der Waals surface area contributed by atoms with Gasteiger partial charge in [-0.1, -0.05) is 59.8 Å². The van der Waals surface area contributed by atoms with Gasteiger partial charge in [0.05, 0.1) is 5.71 Å². The van der Waals surface area contributed by atoms with Gasteiger partial charge in [0.15, 0.2) is 0 Å². The van der Waals surface area contributed by atoms with Gasteiger partial charge >= 0.3 is 0 Å². The van der Waals surface area contributed by atoms with Gasteiger partial charge in [0, 0.05) is 24.9 Å². The number of rotatable bonds is 7. The van der Waals surface area contributed by atoms with Crippen LogP contribution in [0.4, 0.5) is 0 Å². The standard InChI is InChI=1S/C22H25N3O3/c1-3-23-21(26)19(13-16-10-5-4-6-11-16)24-22(27)20-14-18(25-28-20)17-12-8-7-9-15(17)2/h4-12,19-20H,3,13-14H2,1-2H3,(H,23,26)(H,24,27)/t19-,20-/m0/s1. The Labute approximate surface area is 165 Å². The smallest absolute Gasteiger partial charge is 0.265 e. The van der Waals surface area contributed by atoms with Crippen molar-refractivity contribution in [3.05, 3.63) is 71.3 Å². The fraction of sp³-hybridized carbons (Fsp3) is 0.318. The molecule has 0 radical (unpaired) electrons. The van der Waals surface area contributed by atoms with Crippen LogP contribution in [0.1, 0.15) is 30.0 Å². The van der Waals surface area contributed by atoms with E-state index < -0.39 is 12.1 Å². The lowest BCUT2D eigenvalue weighted by molar-refractivity contribution is -0.135. The lowest BCUT2D eigenvalue weighted by Gasteiger charge is -2.19. The number of oxime groups is 1. The zero-order chi connectivity index (χ0) is 19.9. The second kappa shape index (κ2) is 9.17. The van der Waals surface area contributed by atoms with Gasteiger partial charge in [0.2, 0.25) is 12.0 Å². The number of aryl methyl sites for hydroxylation is 1. The van der Waals surface area contributed by atoms with Crippen molar-refractivity contribution >= 4 is 17.5 Å². The minimum Gasteiger partial charge on any atom is -0.382 e. The molecule has 2 aromatic carbocycles. The molecule has 0 aromatic heterocycles. The third-order valence-electron chi connectivity index (χ3n) is 4.68. The van der Waals surface area contributed by atoms with Crippen LogP contribution in [0.2, 0.25) is 0 Å². The molecule has 146 valence electrons. The number of hydrogen-bond donors (Lipinski definition) is 2. The van der Waals surface area contributed by atoms with Gasteiger partial charge in [-0.15, -0.1) is 0 Å². The van der Waals surface area contributed by atoms with Crippen LogP contribution in [0.5, 0.6) is 0 Å². The van der Waals surface area contributed by atoms with E-state index in [0.717, 1.165) is 22.4 Å². The summed E-state index contributed by atoms with van der Waals surface area (Å²) in [4.78, 5) is 30.5. The predicted molar refractivity (Wildman–Crippen MR) is 108 cm³/mol. The largest absolute Gasteiger partial charge is 0.382 e. The number of benzene rings is 2. The first-order valence-electron chi connectivity index (χ1n) is 9.49. The van der Waals surface area contributed by atoms with Crippen LogP contribution >= 0.6 is 0 Å². The summed E-state index contributed by atoms with van der Waals surface area (Å²) in [6.45, 7) is 4.35. The van der Waals surface area contributed by atoms with Crippen LogP contribution in [0, 0.1) is 6.92 Å². The van der Waals surface area contributed by atoms with Gasteiger partial charge in [0.25, 0.3) is 5.91 Å². The van der Waals surface area contributed by atoms with E-state index in [1.807, 2.05) is 68.4 Å². The van der Waals surface area contributed by atoms with Crippen LogP contribution in [-0.2, 0) is 20.8 Å². The number of likely N-dealkylation sites (N-methyl/N-ethyl adjacent to an activating group) is 1. The summed E-state index contributed by atoms with van der Waals surface area (Å²) in [6, 6.07) is 16.8. The highest BCUT2D eigenvalue weighted by atomic mass is 16.6. The Balaban J connectivity index is 1.65. The number of hydrogen-bond acceptors (Lipinski definition) is 4. The molecule has 2 N–H and O–H groups in total. The zero-order valence-electron chi connectivity index (χ0n) is 16.1. The number of amides is 2. The minimum atomic E-state index is -0.734. The summed E-state index contributed by atoms with van der Waals surface area (Å²) in [5, 5.41) is 9.71. The third kappa shape index (κ3) is 4.76. The van der Waals surface area contributed by atoms with E-state index in [1.165, 1.54) is 0 Å². The van der Waals surface area contributed by atoms with Gasteiger partial charge in [-0.2, -0.15) is 0 Å². The van der Waals surface area contributed by atoms with E-state index in [2.05, 4.69) is 15.8 Å². The third-order valence-corrected chi connectivity index (χ3v) is 4.68. The molecular weight excluding hydrogens is 354 g/mol. The van der Waals surface area contributed by atoms with Crippen LogP contribution in [-0.4, -0.2) is 36.2 Å². The maximum atomic E-state index is 12.7. The van der Waals surface area contributed by atoms with Gasteiger partial charge in [-0.25, -0.2) is 0 Å². The Hall–Kier alpha value is -3.15. The molecule has 0 aliphatic carbocycles. The predicted octanol–water partition coefficient (Wildman–Crippen LogP) is 2.35. The minimum absolute atomic E-state index is 0.210. The van der Waals surface area contributed by atoms with Gasteiger partial charge in [-0.05, 0) is 25.0 Å². The molecular formula is C22H25N3O3. The van der Waals surface area contributed by atoms with E-state index in [-0.39, 0.29) is 11.8 Å². The molecule has 2 aromatic rings. The fourth-order valence-corrected chi connectivity index (χ4v) is 3.19. The van der Waals surface area contributed by atoms with Gasteiger partial charge < -0.3 is 15.5 Å². The molecule has 28 heavy (non-hydrogen) atoms. The molecule has 1 heterocycles. The second-order valence-corrected chi connectivity index (χ2v) is 6.80. The first-order valence-corrected chi connectivity index (χ1v) is 9.49. The van der Waals surface area contributed by atoms with Crippen molar-refractivity contribution in [2.24, 2.45) is 5.16 Å². The Kier molecular flexibility index (Phi) is 6.42. The van der Waals surface area contributed by atoms with Gasteiger partial charge in [-0.3, -0.25) is 9.59 Å². The van der Waals surface area contributed by atoms with Crippen LogP contribution in [0.3, 0.4) is 0 Å². The quantitative estimate of drug-likeness (QED) is 0.775. The van der Waals surface area contributed by atoms with Crippen molar-refractivity contribution in [3.63, 3.8) is 0 Å². The monoisotopic (exact) mass is 379 g/mol. The van der Waals surface area contributed by atoms with Crippen LogP contribution in [0.25, 0.3) is 0 Å². The summed E-state index contributed by atoms with van der Waals surface area (Å²) in [5.41, 5.74) is 3.77. The van der Waals surface area contributed by atoms with Crippen molar-refractivity contribution in [2.75, 3.05) is 6.54 Å². The summed E-state index contributed by atoms with van der Waals surface area (Å²) < 4.78 is 0. The van der Waals surface area contributed by atoms with Crippen molar-refractivity contribution in [3.8, 4) is 0 Å². The lowest BCUT2D eigenvalue weighted by atomic mass is 9.99. The number of nitrogens with zero attached hydrogens (tertiary/aromatic N) is 1. The molecule has 0 spiro atoms. The summed E-state index contributed by atoms with van der Waals surface area (Å²) >= 11 is 0. The average Bonchev–Trinajstić information content (AvgIpc) is 3.19. The number of carbonyl (C=O) groups excluding carboxylic acids is 2. The molecule has 2 amide bonds. The van der Waals surface area contributed by atoms with E-state index >= 15 is 0 Å². The first kappa shape index (κ1) is 19.6. The van der Waals surface area contributed by atoms with Crippen LogP contribution < -0.4 is 10.6 Å². The fourth-order valence-electron chi connectivity index (χ4n) is 3.19. The molecule has 0 saturated carbocycles. The molecule has 6 nitrogen and oxygen atoms in total. The summed E-state index contributed by atoms with van der Waals surface area (Å²) in [5.74, 6) is -0.544.